The topological polar surface area (TPSA) is 77.8 Å². The molecule has 3 atom stereocenters. The SMILES string of the molecule is N#CC1CC(NCC(=O)Nc2nc3c(F)cc(F)cc3s2)CCC1Br. The normalized spacial score (nSPS) is 23.4. The maximum absolute atomic E-state index is 13.6. The van der Waals surface area contributed by atoms with Crippen molar-refractivity contribution in [2.75, 3.05) is 11.9 Å². The zero-order chi connectivity index (χ0) is 18.0. The zero-order valence-corrected chi connectivity index (χ0v) is 15.5. The zero-order valence-electron chi connectivity index (χ0n) is 13.1. The molecule has 0 bridgehead atoms. The minimum Gasteiger partial charge on any atom is -0.306 e. The fourth-order valence-electron chi connectivity index (χ4n) is 2.86. The van der Waals surface area contributed by atoms with Gasteiger partial charge in [-0.15, -0.1) is 0 Å². The number of carbonyl (C=O) groups excluding carboxylic acids is 1. The van der Waals surface area contributed by atoms with Gasteiger partial charge in [-0.3, -0.25) is 4.79 Å². The van der Waals surface area contributed by atoms with Crippen molar-refractivity contribution in [3.05, 3.63) is 23.8 Å². The molecule has 1 aliphatic rings. The molecule has 0 radical (unpaired) electrons. The molecule has 0 saturated heterocycles. The van der Waals surface area contributed by atoms with Gasteiger partial charge in [0.1, 0.15) is 11.3 Å². The smallest absolute Gasteiger partial charge is 0.240 e. The number of hydrogen-bond donors (Lipinski definition) is 2. The number of anilines is 1. The number of benzene rings is 1. The molecule has 9 heteroatoms. The van der Waals surface area contributed by atoms with E-state index in [-0.39, 0.29) is 39.9 Å². The third-order valence-electron chi connectivity index (χ3n) is 4.14. The van der Waals surface area contributed by atoms with Crippen LogP contribution in [-0.4, -0.2) is 28.3 Å². The van der Waals surface area contributed by atoms with Crippen LogP contribution in [0.25, 0.3) is 10.2 Å². The maximum Gasteiger partial charge on any atom is 0.240 e. The van der Waals surface area contributed by atoms with Crippen LogP contribution in [0.15, 0.2) is 12.1 Å². The van der Waals surface area contributed by atoms with Gasteiger partial charge in [-0.2, -0.15) is 5.26 Å². The number of alkyl halides is 1. The molecular weight excluding hydrogens is 414 g/mol. The maximum atomic E-state index is 13.6. The highest BCUT2D eigenvalue weighted by Crippen LogP contribution is 2.30. The van der Waals surface area contributed by atoms with Crippen LogP contribution in [0.1, 0.15) is 19.3 Å². The van der Waals surface area contributed by atoms with E-state index < -0.39 is 11.6 Å². The van der Waals surface area contributed by atoms with E-state index in [1.165, 1.54) is 6.07 Å². The first-order chi connectivity index (χ1) is 12.0. The molecule has 5 nitrogen and oxygen atoms in total. The van der Waals surface area contributed by atoms with Crippen LogP contribution in [0.4, 0.5) is 13.9 Å². The van der Waals surface area contributed by atoms with Crippen molar-refractivity contribution >= 4 is 48.5 Å². The monoisotopic (exact) mass is 428 g/mol. The van der Waals surface area contributed by atoms with Gasteiger partial charge in [0.25, 0.3) is 0 Å². The van der Waals surface area contributed by atoms with Gasteiger partial charge in [0.15, 0.2) is 10.9 Å². The van der Waals surface area contributed by atoms with Crippen molar-refractivity contribution < 1.29 is 13.6 Å². The number of halogens is 3. The lowest BCUT2D eigenvalue weighted by molar-refractivity contribution is -0.115. The second-order valence-corrected chi connectivity index (χ2v) is 8.15. The van der Waals surface area contributed by atoms with E-state index in [0.29, 0.717) is 11.1 Å². The van der Waals surface area contributed by atoms with Crippen LogP contribution in [0.3, 0.4) is 0 Å². The molecule has 25 heavy (non-hydrogen) atoms. The van der Waals surface area contributed by atoms with E-state index in [2.05, 4.69) is 37.6 Å². The highest BCUT2D eigenvalue weighted by molar-refractivity contribution is 9.09. The molecule has 1 amide bonds. The Kier molecular flexibility index (Phi) is 5.61. The number of nitriles is 1. The molecular formula is C16H15BrF2N4OS. The molecule has 1 aromatic carbocycles. The highest BCUT2D eigenvalue weighted by atomic mass is 79.9. The van der Waals surface area contributed by atoms with E-state index in [0.717, 1.165) is 30.2 Å². The summed E-state index contributed by atoms with van der Waals surface area (Å²) >= 11 is 4.52. The molecule has 1 aromatic heterocycles. The standard InChI is InChI=1S/C16H15BrF2N4OS/c17-11-2-1-10(3-8(11)6-20)21-7-14(24)22-16-23-15-12(19)4-9(18)5-13(15)25-16/h4-5,8,10-11,21H,1-3,7H2,(H,22,23,24). The second kappa shape index (κ2) is 7.72. The Bertz CT molecular complexity index is 837. The van der Waals surface area contributed by atoms with Gasteiger partial charge in [-0.25, -0.2) is 13.8 Å². The first-order valence-electron chi connectivity index (χ1n) is 7.78. The molecule has 1 aliphatic carbocycles. The van der Waals surface area contributed by atoms with Gasteiger partial charge in [0.2, 0.25) is 5.91 Å². The fourth-order valence-corrected chi connectivity index (χ4v) is 4.38. The predicted octanol–water partition coefficient (Wildman–Crippen LogP) is 3.56. The summed E-state index contributed by atoms with van der Waals surface area (Å²) in [6, 6.07) is 4.33. The molecule has 2 aromatic rings. The van der Waals surface area contributed by atoms with Crippen LogP contribution in [0, 0.1) is 28.9 Å². The molecule has 1 fully saturated rings. The largest absolute Gasteiger partial charge is 0.306 e. The molecule has 3 unspecified atom stereocenters. The third kappa shape index (κ3) is 4.32. The highest BCUT2D eigenvalue weighted by Gasteiger charge is 2.28. The van der Waals surface area contributed by atoms with E-state index in [9.17, 15) is 13.6 Å². The lowest BCUT2D eigenvalue weighted by Crippen LogP contribution is -2.41. The molecule has 1 heterocycles. The Morgan fingerprint density at radius 3 is 3.00 bits per heavy atom. The Labute approximate surface area is 155 Å². The first-order valence-corrected chi connectivity index (χ1v) is 9.52. The number of hydrogen-bond acceptors (Lipinski definition) is 5. The summed E-state index contributed by atoms with van der Waals surface area (Å²) in [5.41, 5.74) is 0.0437. The van der Waals surface area contributed by atoms with Crippen LogP contribution in [-0.2, 0) is 4.79 Å². The quantitative estimate of drug-likeness (QED) is 0.729. The van der Waals surface area contributed by atoms with Gasteiger partial charge < -0.3 is 10.6 Å². The number of thiazole rings is 1. The lowest BCUT2D eigenvalue weighted by atomic mass is 9.86. The molecule has 0 aliphatic heterocycles. The summed E-state index contributed by atoms with van der Waals surface area (Å²) in [5.74, 6) is -1.81. The number of amides is 1. The van der Waals surface area contributed by atoms with Crippen molar-refractivity contribution in [3.63, 3.8) is 0 Å². The lowest BCUT2D eigenvalue weighted by Gasteiger charge is -2.29. The van der Waals surface area contributed by atoms with Crippen molar-refractivity contribution in [2.24, 2.45) is 5.92 Å². The second-order valence-electron chi connectivity index (χ2n) is 5.94. The number of rotatable bonds is 4. The predicted molar refractivity (Wildman–Crippen MR) is 95.6 cm³/mol. The fraction of sp³-hybridized carbons (Fsp3) is 0.438. The van der Waals surface area contributed by atoms with Gasteiger partial charge in [-0.05, 0) is 25.3 Å². The Hall–Kier alpha value is -1.63. The summed E-state index contributed by atoms with van der Waals surface area (Å²) in [6.07, 6.45) is 2.44. The Balaban J connectivity index is 1.56. The first kappa shape index (κ1) is 18.2. The molecule has 2 N–H and O–H groups in total. The van der Waals surface area contributed by atoms with Crippen molar-refractivity contribution in [1.82, 2.24) is 10.3 Å². The van der Waals surface area contributed by atoms with Gasteiger partial charge in [0.05, 0.1) is 23.2 Å². The summed E-state index contributed by atoms with van der Waals surface area (Å²) in [5, 5.41) is 15.1. The summed E-state index contributed by atoms with van der Waals surface area (Å²) < 4.78 is 27.2. The van der Waals surface area contributed by atoms with Crippen LogP contribution < -0.4 is 10.6 Å². The number of nitrogens with zero attached hydrogens (tertiary/aromatic N) is 2. The number of aromatic nitrogens is 1. The van der Waals surface area contributed by atoms with Crippen LogP contribution >= 0.6 is 27.3 Å². The van der Waals surface area contributed by atoms with Gasteiger partial charge in [-0.1, -0.05) is 27.3 Å². The summed E-state index contributed by atoms with van der Waals surface area (Å²) in [4.78, 5) is 16.2. The van der Waals surface area contributed by atoms with E-state index in [1.807, 2.05) is 0 Å². The van der Waals surface area contributed by atoms with Gasteiger partial charge >= 0.3 is 0 Å². The molecule has 1 saturated carbocycles. The van der Waals surface area contributed by atoms with E-state index >= 15 is 0 Å². The summed E-state index contributed by atoms with van der Waals surface area (Å²) in [7, 11) is 0. The Morgan fingerprint density at radius 1 is 1.44 bits per heavy atom. The third-order valence-corrected chi connectivity index (χ3v) is 6.16. The van der Waals surface area contributed by atoms with E-state index in [4.69, 9.17) is 5.26 Å². The van der Waals surface area contributed by atoms with Crippen molar-refractivity contribution in [1.29, 1.82) is 5.26 Å². The molecule has 3 rings (SSSR count). The van der Waals surface area contributed by atoms with Crippen LogP contribution in [0.5, 0.6) is 0 Å². The number of nitrogens with one attached hydrogen (secondary N) is 2. The Morgan fingerprint density at radius 2 is 2.24 bits per heavy atom. The van der Waals surface area contributed by atoms with Crippen molar-refractivity contribution in [2.45, 2.75) is 30.1 Å². The van der Waals surface area contributed by atoms with E-state index in [1.54, 1.807) is 0 Å². The van der Waals surface area contributed by atoms with Gasteiger partial charge in [0, 0.05) is 16.9 Å². The molecule has 132 valence electrons. The number of carbonyl (C=O) groups is 1. The average molecular weight is 429 g/mol. The minimum atomic E-state index is -0.751. The number of fused-ring (bicyclic) bond motifs is 1. The molecule has 0 spiro atoms. The average Bonchev–Trinajstić information content (AvgIpc) is 2.96. The minimum absolute atomic E-state index is 0.0437. The van der Waals surface area contributed by atoms with Crippen LogP contribution in [0.2, 0.25) is 0 Å². The summed E-state index contributed by atoms with van der Waals surface area (Å²) in [6.45, 7) is 0.0720. The van der Waals surface area contributed by atoms with Crippen molar-refractivity contribution in [3.8, 4) is 6.07 Å².